The zero-order valence-corrected chi connectivity index (χ0v) is 14.8. The van der Waals surface area contributed by atoms with Crippen molar-refractivity contribution < 1.29 is 14.3 Å². The van der Waals surface area contributed by atoms with E-state index >= 15 is 0 Å². The summed E-state index contributed by atoms with van der Waals surface area (Å²) >= 11 is 0. The molecule has 0 fully saturated rings. The van der Waals surface area contributed by atoms with Crippen molar-refractivity contribution in [3.05, 3.63) is 72.2 Å². The second kappa shape index (κ2) is 7.33. The highest BCUT2D eigenvalue weighted by Gasteiger charge is 2.16. The van der Waals surface area contributed by atoms with Gasteiger partial charge in [-0.15, -0.1) is 0 Å². The van der Waals surface area contributed by atoms with Crippen molar-refractivity contribution in [2.75, 3.05) is 24.1 Å². The van der Waals surface area contributed by atoms with E-state index < -0.39 is 0 Å². The number of fused-ring (bicyclic) bond motifs is 1. The predicted octanol–water partition coefficient (Wildman–Crippen LogP) is 3.09. The Morgan fingerprint density at radius 2 is 1.89 bits per heavy atom. The van der Waals surface area contributed by atoms with E-state index in [0.717, 1.165) is 22.7 Å². The first kappa shape index (κ1) is 16.8. The van der Waals surface area contributed by atoms with Gasteiger partial charge in [-0.05, 0) is 29.8 Å². The van der Waals surface area contributed by atoms with E-state index in [1.54, 1.807) is 18.0 Å². The largest absolute Gasteiger partial charge is 0.454 e. The van der Waals surface area contributed by atoms with Crippen LogP contribution in [0.3, 0.4) is 0 Å². The van der Waals surface area contributed by atoms with Crippen LogP contribution in [0, 0.1) is 0 Å². The quantitative estimate of drug-likeness (QED) is 0.752. The molecule has 1 amide bonds. The van der Waals surface area contributed by atoms with Crippen LogP contribution in [0.4, 0.5) is 11.5 Å². The second-order valence-corrected chi connectivity index (χ2v) is 6.03. The molecule has 136 valence electrons. The molecule has 2 aromatic carbocycles. The number of nitrogens with zero attached hydrogens (tertiary/aromatic N) is 3. The third-order valence-electron chi connectivity index (χ3n) is 4.24. The molecule has 1 aliphatic heterocycles. The highest BCUT2D eigenvalue weighted by Crippen LogP contribution is 2.32. The Morgan fingerprint density at radius 1 is 1.07 bits per heavy atom. The molecule has 1 N–H and O–H groups in total. The lowest BCUT2D eigenvalue weighted by molar-refractivity contribution is 0.0988. The number of anilines is 2. The standard InChI is InChI=1S/C20H18N4O3/c1-24(15-5-3-2-4-6-15)20(25)16-10-19(23-12-22-16)21-11-14-7-8-17-18(9-14)27-13-26-17/h2-10,12H,11,13H2,1H3,(H,21,22,23). The Balaban J connectivity index is 1.45. The monoisotopic (exact) mass is 362 g/mol. The van der Waals surface area contributed by atoms with Crippen LogP contribution in [0.25, 0.3) is 0 Å². The first-order chi connectivity index (χ1) is 13.2. The van der Waals surface area contributed by atoms with E-state index in [0.29, 0.717) is 18.1 Å². The van der Waals surface area contributed by atoms with Gasteiger partial charge >= 0.3 is 0 Å². The molecule has 4 rings (SSSR count). The minimum absolute atomic E-state index is 0.199. The zero-order valence-electron chi connectivity index (χ0n) is 14.8. The fraction of sp³-hybridized carbons (Fsp3) is 0.150. The van der Waals surface area contributed by atoms with Gasteiger partial charge in [-0.3, -0.25) is 4.79 Å². The van der Waals surface area contributed by atoms with Crippen LogP contribution in [-0.4, -0.2) is 29.7 Å². The first-order valence-corrected chi connectivity index (χ1v) is 8.48. The van der Waals surface area contributed by atoms with E-state index in [9.17, 15) is 4.79 Å². The summed E-state index contributed by atoms with van der Waals surface area (Å²) in [6.07, 6.45) is 1.38. The molecular weight excluding hydrogens is 344 g/mol. The topological polar surface area (TPSA) is 76.6 Å². The summed E-state index contributed by atoms with van der Waals surface area (Å²) in [5.74, 6) is 1.86. The summed E-state index contributed by atoms with van der Waals surface area (Å²) in [5, 5.41) is 3.21. The summed E-state index contributed by atoms with van der Waals surface area (Å²) < 4.78 is 10.7. The van der Waals surface area contributed by atoms with Crippen molar-refractivity contribution in [3.63, 3.8) is 0 Å². The molecule has 27 heavy (non-hydrogen) atoms. The smallest absolute Gasteiger partial charge is 0.276 e. The van der Waals surface area contributed by atoms with Gasteiger partial charge < -0.3 is 19.7 Å². The van der Waals surface area contributed by atoms with Gasteiger partial charge in [0.05, 0.1) is 0 Å². The minimum atomic E-state index is -0.199. The van der Waals surface area contributed by atoms with E-state index in [1.165, 1.54) is 6.33 Å². The van der Waals surface area contributed by atoms with Crippen LogP contribution < -0.4 is 19.7 Å². The number of nitrogens with one attached hydrogen (secondary N) is 1. The molecule has 1 aromatic heterocycles. The summed E-state index contributed by atoms with van der Waals surface area (Å²) in [6, 6.07) is 16.8. The number of carbonyl (C=O) groups is 1. The van der Waals surface area contributed by atoms with Crippen molar-refractivity contribution in [3.8, 4) is 11.5 Å². The Bertz CT molecular complexity index is 962. The number of para-hydroxylation sites is 1. The lowest BCUT2D eigenvalue weighted by atomic mass is 10.2. The van der Waals surface area contributed by atoms with Crippen LogP contribution in [0.1, 0.15) is 16.1 Å². The van der Waals surface area contributed by atoms with E-state index in [1.807, 2.05) is 48.5 Å². The molecule has 7 heteroatoms. The molecule has 0 spiro atoms. The molecule has 2 heterocycles. The number of aromatic nitrogens is 2. The molecule has 7 nitrogen and oxygen atoms in total. The summed E-state index contributed by atoms with van der Waals surface area (Å²) in [5.41, 5.74) is 2.15. The Labute approximate surface area is 156 Å². The maximum atomic E-state index is 12.7. The fourth-order valence-electron chi connectivity index (χ4n) is 2.76. The molecular formula is C20H18N4O3. The van der Waals surface area contributed by atoms with Crippen LogP contribution in [0.2, 0.25) is 0 Å². The van der Waals surface area contributed by atoms with E-state index in [-0.39, 0.29) is 12.7 Å². The first-order valence-electron chi connectivity index (χ1n) is 8.48. The number of benzene rings is 2. The number of hydrogen-bond donors (Lipinski definition) is 1. The number of hydrogen-bond acceptors (Lipinski definition) is 6. The number of rotatable bonds is 5. The molecule has 0 aliphatic carbocycles. The highest BCUT2D eigenvalue weighted by molar-refractivity contribution is 6.04. The van der Waals surface area contributed by atoms with Crippen LogP contribution in [0.15, 0.2) is 60.9 Å². The highest BCUT2D eigenvalue weighted by atomic mass is 16.7. The van der Waals surface area contributed by atoms with E-state index in [2.05, 4.69) is 15.3 Å². The van der Waals surface area contributed by atoms with Crippen molar-refractivity contribution in [1.82, 2.24) is 9.97 Å². The normalized spacial score (nSPS) is 11.9. The molecule has 0 radical (unpaired) electrons. The summed E-state index contributed by atoms with van der Waals surface area (Å²) in [7, 11) is 1.72. The van der Waals surface area contributed by atoms with Crippen LogP contribution in [0.5, 0.6) is 11.5 Å². The van der Waals surface area contributed by atoms with Crippen molar-refractivity contribution in [2.45, 2.75) is 6.54 Å². The average Bonchev–Trinajstić information content (AvgIpc) is 3.20. The van der Waals surface area contributed by atoms with Crippen molar-refractivity contribution in [2.24, 2.45) is 0 Å². The predicted molar refractivity (Wildman–Crippen MR) is 101 cm³/mol. The van der Waals surface area contributed by atoms with Crippen molar-refractivity contribution in [1.29, 1.82) is 0 Å². The number of carbonyl (C=O) groups excluding carboxylic acids is 1. The van der Waals surface area contributed by atoms with Gasteiger partial charge in [-0.2, -0.15) is 0 Å². The zero-order chi connectivity index (χ0) is 18.6. The Morgan fingerprint density at radius 3 is 2.74 bits per heavy atom. The molecule has 0 unspecified atom stereocenters. The van der Waals surface area contributed by atoms with Gasteiger partial charge in [0.15, 0.2) is 11.5 Å². The SMILES string of the molecule is CN(C(=O)c1cc(NCc2ccc3c(c2)OCO3)ncn1)c1ccccc1. The lowest BCUT2D eigenvalue weighted by Gasteiger charge is -2.17. The van der Waals surface area contributed by atoms with Gasteiger partial charge in [0.2, 0.25) is 6.79 Å². The van der Waals surface area contributed by atoms with Gasteiger partial charge in [0, 0.05) is 25.3 Å². The minimum Gasteiger partial charge on any atom is -0.454 e. The lowest BCUT2D eigenvalue weighted by Crippen LogP contribution is -2.27. The maximum Gasteiger partial charge on any atom is 0.276 e. The third-order valence-corrected chi connectivity index (χ3v) is 4.24. The Kier molecular flexibility index (Phi) is 4.57. The Hall–Kier alpha value is -3.61. The van der Waals surface area contributed by atoms with Gasteiger partial charge in [-0.25, -0.2) is 9.97 Å². The molecule has 0 saturated heterocycles. The van der Waals surface area contributed by atoms with E-state index in [4.69, 9.17) is 9.47 Å². The number of amides is 1. The third kappa shape index (κ3) is 3.67. The average molecular weight is 362 g/mol. The molecule has 0 saturated carbocycles. The summed E-state index contributed by atoms with van der Waals surface area (Å²) in [6.45, 7) is 0.786. The number of ether oxygens (including phenoxy) is 2. The molecule has 0 bridgehead atoms. The molecule has 3 aromatic rings. The summed E-state index contributed by atoms with van der Waals surface area (Å²) in [4.78, 5) is 22.5. The molecule has 1 aliphatic rings. The fourth-order valence-corrected chi connectivity index (χ4v) is 2.76. The van der Waals surface area contributed by atoms with Gasteiger partial charge in [0.25, 0.3) is 5.91 Å². The van der Waals surface area contributed by atoms with Gasteiger partial charge in [-0.1, -0.05) is 24.3 Å². The van der Waals surface area contributed by atoms with Crippen molar-refractivity contribution >= 4 is 17.4 Å². The van der Waals surface area contributed by atoms with Crippen LogP contribution >= 0.6 is 0 Å². The molecule has 0 atom stereocenters. The maximum absolute atomic E-state index is 12.7. The van der Waals surface area contributed by atoms with Crippen LogP contribution in [-0.2, 0) is 6.54 Å². The second-order valence-electron chi connectivity index (χ2n) is 6.03. The van der Waals surface area contributed by atoms with Gasteiger partial charge in [0.1, 0.15) is 17.8 Å².